The molecule has 0 bridgehead atoms. The molecule has 0 fully saturated rings. The Labute approximate surface area is 128 Å². The fourth-order valence-electron chi connectivity index (χ4n) is 2.36. The van der Waals surface area contributed by atoms with Crippen LogP contribution < -0.4 is 10.0 Å². The molecule has 0 saturated heterocycles. The smallest absolute Gasteiger partial charge is 0.338 e. The maximum Gasteiger partial charge on any atom is 0.338 e. The second-order valence-electron chi connectivity index (χ2n) is 5.00. The van der Waals surface area contributed by atoms with Gasteiger partial charge in [-0.25, -0.2) is 17.9 Å². The summed E-state index contributed by atoms with van der Waals surface area (Å²) in [7, 11) is -3.75. The summed E-state index contributed by atoms with van der Waals surface area (Å²) < 4.78 is 27.2. The quantitative estimate of drug-likeness (QED) is 0.659. The molecule has 118 valence electrons. The molecular formula is C13H20N2O4S2. The van der Waals surface area contributed by atoms with Crippen LogP contribution in [0.15, 0.2) is 4.21 Å². The summed E-state index contributed by atoms with van der Waals surface area (Å²) in [6.45, 7) is 3.59. The maximum atomic E-state index is 12.4. The summed E-state index contributed by atoms with van der Waals surface area (Å²) in [4.78, 5) is 12.3. The molecule has 1 aliphatic rings. The Morgan fingerprint density at radius 3 is 2.86 bits per heavy atom. The topological polar surface area (TPSA) is 95.5 Å². The summed E-state index contributed by atoms with van der Waals surface area (Å²) in [5.41, 5.74) is 0.625. The van der Waals surface area contributed by atoms with Crippen LogP contribution >= 0.6 is 11.3 Å². The molecule has 1 aliphatic heterocycles. The Morgan fingerprint density at radius 1 is 1.43 bits per heavy atom. The highest BCUT2D eigenvalue weighted by atomic mass is 32.2. The monoisotopic (exact) mass is 332 g/mol. The van der Waals surface area contributed by atoms with Crippen LogP contribution in [0.3, 0.4) is 0 Å². The zero-order chi connectivity index (χ0) is 15.5. The van der Waals surface area contributed by atoms with E-state index in [1.165, 1.54) is 0 Å². The molecule has 0 spiro atoms. The van der Waals surface area contributed by atoms with Gasteiger partial charge in [0.1, 0.15) is 4.21 Å². The van der Waals surface area contributed by atoms with Crippen molar-refractivity contribution in [1.82, 2.24) is 10.0 Å². The summed E-state index contributed by atoms with van der Waals surface area (Å²) in [6, 6.07) is 0. The van der Waals surface area contributed by atoms with Gasteiger partial charge in [-0.1, -0.05) is 19.8 Å². The second kappa shape index (κ2) is 6.87. The SMILES string of the molecule is CCCCCNS(=O)(=O)c1sc2c(c1C(=O)O)CCNC2. The standard InChI is InChI=1S/C13H20N2O4S2/c1-2-3-4-6-15-21(18,19)13-11(12(16)17)9-5-7-14-8-10(9)20-13/h14-15H,2-8H2,1H3,(H,16,17). The third-order valence-corrected chi connectivity index (χ3v) is 6.64. The van der Waals surface area contributed by atoms with Crippen molar-refractivity contribution in [2.24, 2.45) is 0 Å². The van der Waals surface area contributed by atoms with E-state index in [0.29, 0.717) is 31.6 Å². The van der Waals surface area contributed by atoms with Gasteiger partial charge in [-0.2, -0.15) is 0 Å². The zero-order valence-corrected chi connectivity index (χ0v) is 13.6. The summed E-state index contributed by atoms with van der Waals surface area (Å²) in [5.74, 6) is -1.16. The largest absolute Gasteiger partial charge is 0.478 e. The van der Waals surface area contributed by atoms with Gasteiger partial charge in [-0.15, -0.1) is 11.3 Å². The van der Waals surface area contributed by atoms with E-state index in [1.807, 2.05) is 6.92 Å². The first-order valence-electron chi connectivity index (χ1n) is 7.05. The number of carbonyl (C=O) groups is 1. The van der Waals surface area contributed by atoms with E-state index in [0.717, 1.165) is 35.5 Å². The molecule has 8 heteroatoms. The lowest BCUT2D eigenvalue weighted by Gasteiger charge is -2.12. The van der Waals surface area contributed by atoms with Crippen LogP contribution in [-0.4, -0.2) is 32.6 Å². The van der Waals surface area contributed by atoms with E-state index in [2.05, 4.69) is 10.0 Å². The van der Waals surface area contributed by atoms with Crippen LogP contribution in [0.4, 0.5) is 0 Å². The third kappa shape index (κ3) is 3.63. The number of hydrogen-bond donors (Lipinski definition) is 3. The van der Waals surface area contributed by atoms with Crippen molar-refractivity contribution in [2.45, 2.75) is 43.4 Å². The first-order chi connectivity index (χ1) is 9.97. The molecular weight excluding hydrogens is 312 g/mol. The van der Waals surface area contributed by atoms with Crippen molar-refractivity contribution in [2.75, 3.05) is 13.1 Å². The minimum absolute atomic E-state index is 0.0421. The fourth-order valence-corrected chi connectivity index (χ4v) is 5.34. The number of rotatable bonds is 7. The van der Waals surface area contributed by atoms with E-state index in [-0.39, 0.29) is 9.77 Å². The lowest BCUT2D eigenvalue weighted by atomic mass is 10.1. The highest BCUT2D eigenvalue weighted by molar-refractivity contribution is 7.91. The molecule has 6 nitrogen and oxygen atoms in total. The molecule has 0 amide bonds. The Hall–Kier alpha value is -0.960. The van der Waals surface area contributed by atoms with Gasteiger partial charge < -0.3 is 10.4 Å². The van der Waals surface area contributed by atoms with E-state index in [1.54, 1.807) is 0 Å². The van der Waals surface area contributed by atoms with Crippen LogP contribution in [0.2, 0.25) is 0 Å². The number of sulfonamides is 1. The summed E-state index contributed by atoms with van der Waals surface area (Å²) in [5, 5.41) is 12.5. The average Bonchev–Trinajstić information content (AvgIpc) is 2.84. The molecule has 0 aliphatic carbocycles. The molecule has 1 aromatic rings. The van der Waals surface area contributed by atoms with Gasteiger partial charge in [0.05, 0.1) is 5.56 Å². The van der Waals surface area contributed by atoms with Gasteiger partial charge in [-0.3, -0.25) is 0 Å². The molecule has 0 radical (unpaired) electrons. The van der Waals surface area contributed by atoms with Crippen molar-refractivity contribution in [3.8, 4) is 0 Å². The Kier molecular flexibility index (Phi) is 5.37. The first-order valence-corrected chi connectivity index (χ1v) is 9.35. The molecule has 21 heavy (non-hydrogen) atoms. The molecule has 3 N–H and O–H groups in total. The van der Waals surface area contributed by atoms with Crippen LogP contribution in [-0.2, 0) is 23.0 Å². The van der Waals surface area contributed by atoms with E-state index >= 15 is 0 Å². The van der Waals surface area contributed by atoms with E-state index in [4.69, 9.17) is 0 Å². The molecule has 0 aromatic carbocycles. The van der Waals surface area contributed by atoms with E-state index < -0.39 is 16.0 Å². The van der Waals surface area contributed by atoms with Crippen LogP contribution in [0.25, 0.3) is 0 Å². The number of thiophene rings is 1. The number of carboxylic acids is 1. The predicted octanol–water partition coefficient (Wildman–Crippen LogP) is 1.56. The Bertz CT molecular complexity index is 622. The third-order valence-electron chi connectivity index (χ3n) is 3.43. The zero-order valence-electron chi connectivity index (χ0n) is 11.9. The maximum absolute atomic E-state index is 12.4. The van der Waals surface area contributed by atoms with Crippen molar-refractivity contribution in [3.05, 3.63) is 16.0 Å². The molecule has 0 unspecified atom stereocenters. The van der Waals surface area contributed by atoms with Gasteiger partial charge in [0.2, 0.25) is 0 Å². The number of nitrogens with one attached hydrogen (secondary N) is 2. The van der Waals surface area contributed by atoms with Gasteiger partial charge in [0.15, 0.2) is 0 Å². The van der Waals surface area contributed by atoms with Crippen molar-refractivity contribution >= 4 is 27.3 Å². The Balaban J connectivity index is 2.30. The Morgan fingerprint density at radius 2 is 2.19 bits per heavy atom. The first kappa shape index (κ1) is 16.4. The fraction of sp³-hybridized carbons (Fsp3) is 0.615. The highest BCUT2D eigenvalue weighted by Crippen LogP contribution is 2.34. The lowest BCUT2D eigenvalue weighted by Crippen LogP contribution is -2.26. The van der Waals surface area contributed by atoms with Crippen molar-refractivity contribution < 1.29 is 18.3 Å². The van der Waals surface area contributed by atoms with Crippen LogP contribution in [0, 0.1) is 0 Å². The normalized spacial score (nSPS) is 14.9. The number of aromatic carboxylic acids is 1. The molecule has 2 rings (SSSR count). The van der Waals surface area contributed by atoms with E-state index in [9.17, 15) is 18.3 Å². The number of carboxylic acid groups (broad SMARTS) is 1. The lowest BCUT2D eigenvalue weighted by molar-refractivity contribution is 0.0692. The minimum atomic E-state index is -3.75. The highest BCUT2D eigenvalue weighted by Gasteiger charge is 2.31. The number of unbranched alkanes of at least 4 members (excludes halogenated alkanes) is 2. The van der Waals surface area contributed by atoms with Gasteiger partial charge >= 0.3 is 5.97 Å². The number of hydrogen-bond acceptors (Lipinski definition) is 5. The summed E-state index contributed by atoms with van der Waals surface area (Å²) >= 11 is 1.07. The molecule has 2 heterocycles. The van der Waals surface area contributed by atoms with Crippen molar-refractivity contribution in [3.63, 3.8) is 0 Å². The van der Waals surface area contributed by atoms with Crippen LogP contribution in [0.1, 0.15) is 47.0 Å². The average molecular weight is 332 g/mol. The second-order valence-corrected chi connectivity index (χ2v) is 8.07. The number of fused-ring (bicyclic) bond motifs is 1. The molecule has 0 saturated carbocycles. The predicted molar refractivity (Wildman–Crippen MR) is 81.4 cm³/mol. The molecule has 1 aromatic heterocycles. The van der Waals surface area contributed by atoms with Crippen molar-refractivity contribution in [1.29, 1.82) is 0 Å². The van der Waals surface area contributed by atoms with Crippen LogP contribution in [0.5, 0.6) is 0 Å². The minimum Gasteiger partial charge on any atom is -0.478 e. The van der Waals surface area contributed by atoms with Gasteiger partial charge in [0, 0.05) is 18.0 Å². The van der Waals surface area contributed by atoms with Gasteiger partial charge in [-0.05, 0) is 24.9 Å². The molecule has 0 atom stereocenters. The summed E-state index contributed by atoms with van der Waals surface area (Å²) in [6.07, 6.45) is 3.25. The van der Waals surface area contributed by atoms with Gasteiger partial charge in [0.25, 0.3) is 10.0 Å².